The highest BCUT2D eigenvalue weighted by Gasteiger charge is 2.17. The maximum atomic E-state index is 13.4. The minimum absolute atomic E-state index is 0.0414. The van der Waals surface area contributed by atoms with Gasteiger partial charge in [-0.25, -0.2) is 13.9 Å². The summed E-state index contributed by atoms with van der Waals surface area (Å²) in [6, 6.07) is 3.74. The number of carboxylic acid groups (broad SMARTS) is 1. The molecule has 1 aromatic heterocycles. The third-order valence-electron chi connectivity index (χ3n) is 2.05. The molecule has 0 amide bonds. The minimum atomic E-state index is -1.40. The molecule has 7 heteroatoms. The number of carboxylic acids is 1. The lowest BCUT2D eigenvalue weighted by molar-refractivity contribution is 0.0687. The molecule has 0 aliphatic carbocycles. The van der Waals surface area contributed by atoms with Crippen molar-refractivity contribution in [2.75, 3.05) is 0 Å². The van der Waals surface area contributed by atoms with Crippen LogP contribution in [0.4, 0.5) is 4.39 Å². The molecular weight excluding hydrogens is 251 g/mol. The Hall–Kier alpha value is -2.08. The fourth-order valence-corrected chi connectivity index (χ4v) is 1.47. The maximum absolute atomic E-state index is 13.4. The van der Waals surface area contributed by atoms with Gasteiger partial charge in [0.2, 0.25) is 5.69 Å². The summed E-state index contributed by atoms with van der Waals surface area (Å²) in [5.41, 5.74) is -0.593. The molecule has 2 rings (SSSR count). The molecule has 0 saturated heterocycles. The first-order chi connectivity index (χ1) is 7.99. The predicted octanol–water partition coefficient (Wildman–Crippen LogP) is 2.07. The van der Waals surface area contributed by atoms with Crippen molar-refractivity contribution in [1.29, 1.82) is 0 Å². The molecule has 0 fully saturated rings. The van der Waals surface area contributed by atoms with Crippen molar-refractivity contribution >= 4 is 17.6 Å². The summed E-state index contributed by atoms with van der Waals surface area (Å²) < 4.78 is 14.4. The lowest BCUT2D eigenvalue weighted by Gasteiger charge is -2.02. The van der Waals surface area contributed by atoms with E-state index in [0.29, 0.717) is 0 Å². The number of hydrogen-bond donors (Lipinski definition) is 2. The van der Waals surface area contributed by atoms with E-state index in [1.54, 1.807) is 0 Å². The normalized spacial score (nSPS) is 10.5. The third kappa shape index (κ3) is 2.07. The molecule has 5 nitrogen and oxygen atoms in total. The fraction of sp³-hybridized carbons (Fsp3) is 0. The number of rotatable bonds is 2. The van der Waals surface area contributed by atoms with Crippen LogP contribution < -0.4 is 0 Å². The van der Waals surface area contributed by atoms with Crippen LogP contribution in [0, 0.1) is 5.82 Å². The zero-order chi connectivity index (χ0) is 12.6. The molecule has 0 aliphatic rings. The van der Waals surface area contributed by atoms with Gasteiger partial charge in [-0.05, 0) is 18.2 Å². The first-order valence-corrected chi connectivity index (χ1v) is 4.84. The van der Waals surface area contributed by atoms with Crippen LogP contribution in [0.2, 0.25) is 5.02 Å². The Morgan fingerprint density at radius 3 is 2.76 bits per heavy atom. The van der Waals surface area contributed by atoms with Crippen molar-refractivity contribution < 1.29 is 19.4 Å². The summed E-state index contributed by atoms with van der Waals surface area (Å²) in [6.07, 6.45) is 0.998. The number of aromatic hydroxyl groups is 1. The van der Waals surface area contributed by atoms with E-state index in [1.165, 1.54) is 12.1 Å². The Labute approximate surface area is 99.7 Å². The van der Waals surface area contributed by atoms with E-state index >= 15 is 0 Å². The van der Waals surface area contributed by atoms with Crippen LogP contribution >= 0.6 is 11.6 Å². The Morgan fingerprint density at radius 2 is 2.18 bits per heavy atom. The quantitative estimate of drug-likeness (QED) is 0.862. The highest BCUT2D eigenvalue weighted by Crippen LogP contribution is 2.22. The third-order valence-corrected chi connectivity index (χ3v) is 2.29. The largest absolute Gasteiger partial charge is 0.504 e. The van der Waals surface area contributed by atoms with Crippen molar-refractivity contribution in [3.8, 4) is 11.4 Å². The van der Waals surface area contributed by atoms with Crippen LogP contribution in [0.3, 0.4) is 0 Å². The second-order valence-corrected chi connectivity index (χ2v) is 3.64. The second-order valence-electron chi connectivity index (χ2n) is 3.21. The molecule has 88 valence electrons. The van der Waals surface area contributed by atoms with Crippen molar-refractivity contribution in [1.82, 2.24) is 9.78 Å². The van der Waals surface area contributed by atoms with Gasteiger partial charge in [-0.3, -0.25) is 0 Å². The molecule has 0 spiro atoms. The van der Waals surface area contributed by atoms with Gasteiger partial charge in [0.05, 0.1) is 6.20 Å². The average Bonchev–Trinajstić information content (AvgIpc) is 2.64. The summed E-state index contributed by atoms with van der Waals surface area (Å²) in [4.78, 5) is 10.7. The van der Waals surface area contributed by atoms with Gasteiger partial charge in [0.1, 0.15) is 11.5 Å². The first-order valence-electron chi connectivity index (χ1n) is 4.46. The highest BCUT2D eigenvalue weighted by atomic mass is 35.5. The molecule has 0 unspecified atom stereocenters. The Bertz CT molecular complexity index is 597. The summed E-state index contributed by atoms with van der Waals surface area (Å²) in [5.74, 6) is -2.57. The van der Waals surface area contributed by atoms with Crippen LogP contribution in [0.5, 0.6) is 5.75 Å². The van der Waals surface area contributed by atoms with Crippen molar-refractivity contribution in [3.05, 3.63) is 40.9 Å². The van der Waals surface area contributed by atoms with Crippen LogP contribution in [-0.4, -0.2) is 26.0 Å². The zero-order valence-corrected chi connectivity index (χ0v) is 9.02. The number of carbonyl (C=O) groups is 1. The summed E-state index contributed by atoms with van der Waals surface area (Å²) in [5, 5.41) is 21.8. The Morgan fingerprint density at radius 1 is 1.47 bits per heavy atom. The van der Waals surface area contributed by atoms with Gasteiger partial charge in [-0.2, -0.15) is 5.10 Å². The molecule has 1 heterocycles. The molecule has 17 heavy (non-hydrogen) atoms. The van der Waals surface area contributed by atoms with E-state index in [0.717, 1.165) is 16.9 Å². The van der Waals surface area contributed by atoms with E-state index in [-0.39, 0.29) is 10.7 Å². The maximum Gasteiger partial charge on any atom is 0.360 e. The van der Waals surface area contributed by atoms with E-state index in [2.05, 4.69) is 5.10 Å². The molecular formula is C10H6ClFN2O3. The molecule has 0 aliphatic heterocycles. The van der Waals surface area contributed by atoms with Gasteiger partial charge in [0.15, 0.2) is 5.75 Å². The molecule has 1 aromatic carbocycles. The fourth-order valence-electron chi connectivity index (χ4n) is 1.30. The Balaban J connectivity index is 2.57. The summed E-state index contributed by atoms with van der Waals surface area (Å²) in [6.45, 7) is 0. The minimum Gasteiger partial charge on any atom is -0.504 e. The number of aromatic carboxylic acids is 1. The molecule has 0 saturated carbocycles. The van der Waals surface area contributed by atoms with Gasteiger partial charge < -0.3 is 10.2 Å². The van der Waals surface area contributed by atoms with E-state index in [4.69, 9.17) is 16.7 Å². The van der Waals surface area contributed by atoms with Gasteiger partial charge >= 0.3 is 5.97 Å². The second kappa shape index (κ2) is 4.06. The van der Waals surface area contributed by atoms with E-state index < -0.39 is 23.2 Å². The summed E-state index contributed by atoms with van der Waals surface area (Å²) >= 11 is 5.69. The standard InChI is InChI=1S/C10H6ClFN2O3/c11-5-1-2-6(12)7(3-5)14-4-8(15)9(13-14)10(16)17/h1-4,15H,(H,16,17). The predicted molar refractivity (Wildman–Crippen MR) is 57.2 cm³/mol. The van der Waals surface area contributed by atoms with Crippen LogP contribution in [-0.2, 0) is 0 Å². The average molecular weight is 257 g/mol. The highest BCUT2D eigenvalue weighted by molar-refractivity contribution is 6.30. The number of nitrogens with zero attached hydrogens (tertiary/aromatic N) is 2. The van der Waals surface area contributed by atoms with Crippen molar-refractivity contribution in [3.63, 3.8) is 0 Å². The van der Waals surface area contributed by atoms with Crippen LogP contribution in [0.15, 0.2) is 24.4 Å². The number of hydrogen-bond acceptors (Lipinski definition) is 3. The van der Waals surface area contributed by atoms with Crippen LogP contribution in [0.25, 0.3) is 5.69 Å². The van der Waals surface area contributed by atoms with E-state index in [9.17, 15) is 14.3 Å². The van der Waals surface area contributed by atoms with Gasteiger partial charge in [-0.15, -0.1) is 0 Å². The first kappa shape index (κ1) is 11.4. The van der Waals surface area contributed by atoms with Gasteiger partial charge in [0.25, 0.3) is 0 Å². The zero-order valence-electron chi connectivity index (χ0n) is 8.26. The van der Waals surface area contributed by atoms with Crippen molar-refractivity contribution in [2.45, 2.75) is 0 Å². The van der Waals surface area contributed by atoms with Crippen LogP contribution in [0.1, 0.15) is 10.5 Å². The molecule has 2 aromatic rings. The topological polar surface area (TPSA) is 75.3 Å². The van der Waals surface area contributed by atoms with Gasteiger partial charge in [-0.1, -0.05) is 11.6 Å². The monoisotopic (exact) mass is 256 g/mol. The van der Waals surface area contributed by atoms with E-state index in [1.807, 2.05) is 0 Å². The van der Waals surface area contributed by atoms with Gasteiger partial charge in [0, 0.05) is 5.02 Å². The van der Waals surface area contributed by atoms with Crippen molar-refractivity contribution in [2.24, 2.45) is 0 Å². The Kier molecular flexibility index (Phi) is 2.72. The summed E-state index contributed by atoms with van der Waals surface area (Å²) in [7, 11) is 0. The molecule has 0 atom stereocenters. The smallest absolute Gasteiger partial charge is 0.360 e. The molecule has 0 bridgehead atoms. The lowest BCUT2D eigenvalue weighted by Crippen LogP contribution is -2.02. The lowest BCUT2D eigenvalue weighted by atomic mass is 10.3. The number of benzene rings is 1. The molecule has 2 N–H and O–H groups in total. The SMILES string of the molecule is O=C(O)c1nn(-c2cc(Cl)ccc2F)cc1O. The number of halogens is 2. The molecule has 0 radical (unpaired) electrons. The number of aromatic nitrogens is 2.